The van der Waals surface area contributed by atoms with Crippen LogP contribution in [0, 0.1) is 23.2 Å². The van der Waals surface area contributed by atoms with Crippen LogP contribution in [0.1, 0.15) is 40.0 Å². The van der Waals surface area contributed by atoms with Crippen LogP contribution in [-0.4, -0.2) is 24.0 Å². The number of hydrogen-bond acceptors (Lipinski definition) is 4. The van der Waals surface area contributed by atoms with Gasteiger partial charge in [0.05, 0.1) is 12.0 Å². The number of nitrogens with one attached hydrogen (secondary N) is 1. The van der Waals surface area contributed by atoms with Gasteiger partial charge in [-0.1, -0.05) is 26.0 Å². The molecule has 0 radical (unpaired) electrons. The third kappa shape index (κ3) is 4.37. The molecule has 0 fully saturated rings. The van der Waals surface area contributed by atoms with Crippen LogP contribution in [0.15, 0.2) is 12.2 Å². The maximum Gasteiger partial charge on any atom is 0.309 e. The molecule has 1 N–H and O–H groups in total. The molecular formula is C15H22N2O3. The van der Waals surface area contributed by atoms with Crippen LogP contribution >= 0.6 is 0 Å². The van der Waals surface area contributed by atoms with E-state index in [0.29, 0.717) is 6.42 Å². The fourth-order valence-corrected chi connectivity index (χ4v) is 1.89. The number of nitrogens with zero attached hydrogens (tertiary/aromatic N) is 1. The molecule has 0 aromatic carbocycles. The van der Waals surface area contributed by atoms with E-state index in [9.17, 15) is 9.59 Å². The zero-order chi connectivity index (χ0) is 15.2. The largest absolute Gasteiger partial charge is 0.455 e. The van der Waals surface area contributed by atoms with E-state index in [2.05, 4.69) is 11.4 Å². The van der Waals surface area contributed by atoms with Gasteiger partial charge in [-0.15, -0.1) is 0 Å². The van der Waals surface area contributed by atoms with Crippen LogP contribution in [0.4, 0.5) is 0 Å². The lowest BCUT2D eigenvalue weighted by Crippen LogP contribution is -2.50. The summed E-state index contributed by atoms with van der Waals surface area (Å²) in [4.78, 5) is 23.5. The van der Waals surface area contributed by atoms with Gasteiger partial charge in [0.25, 0.3) is 5.91 Å². The molecule has 1 aliphatic carbocycles. The topological polar surface area (TPSA) is 79.2 Å². The second kappa shape index (κ2) is 7.09. The van der Waals surface area contributed by atoms with Gasteiger partial charge in [-0.25, -0.2) is 0 Å². The first kappa shape index (κ1) is 16.2. The molecule has 0 spiro atoms. The Kier molecular flexibility index (Phi) is 5.75. The Morgan fingerprint density at radius 1 is 1.50 bits per heavy atom. The molecular weight excluding hydrogens is 256 g/mol. The summed E-state index contributed by atoms with van der Waals surface area (Å²) >= 11 is 0. The fourth-order valence-electron chi connectivity index (χ4n) is 1.89. The predicted molar refractivity (Wildman–Crippen MR) is 74.4 cm³/mol. The Labute approximate surface area is 120 Å². The van der Waals surface area contributed by atoms with Gasteiger partial charge in [0.2, 0.25) is 0 Å². The van der Waals surface area contributed by atoms with Crippen molar-refractivity contribution < 1.29 is 14.3 Å². The highest BCUT2D eigenvalue weighted by Gasteiger charge is 2.30. The van der Waals surface area contributed by atoms with E-state index in [-0.39, 0.29) is 24.4 Å². The summed E-state index contributed by atoms with van der Waals surface area (Å²) in [7, 11) is 0. The number of carbonyl (C=O) groups excluding carboxylic acids is 2. The lowest BCUT2D eigenvalue weighted by Gasteiger charge is -2.27. The van der Waals surface area contributed by atoms with Crippen molar-refractivity contribution in [2.24, 2.45) is 11.8 Å². The van der Waals surface area contributed by atoms with E-state index in [1.807, 2.05) is 26.0 Å². The lowest BCUT2D eigenvalue weighted by atomic mass is 9.90. The second-order valence-corrected chi connectivity index (χ2v) is 5.61. The third-order valence-corrected chi connectivity index (χ3v) is 3.73. The molecule has 5 heteroatoms. The number of nitriles is 1. The maximum atomic E-state index is 11.8. The molecule has 110 valence electrons. The Morgan fingerprint density at radius 3 is 2.70 bits per heavy atom. The summed E-state index contributed by atoms with van der Waals surface area (Å²) in [6.07, 6.45) is 6.30. The van der Waals surface area contributed by atoms with E-state index in [0.717, 1.165) is 12.8 Å². The molecule has 1 aliphatic rings. The molecule has 0 bridgehead atoms. The van der Waals surface area contributed by atoms with E-state index in [4.69, 9.17) is 10.00 Å². The molecule has 5 nitrogen and oxygen atoms in total. The molecule has 0 saturated carbocycles. The van der Waals surface area contributed by atoms with Crippen molar-refractivity contribution in [2.45, 2.75) is 45.6 Å². The number of carbonyl (C=O) groups is 2. The number of hydrogen-bond donors (Lipinski definition) is 1. The summed E-state index contributed by atoms with van der Waals surface area (Å²) in [6.45, 7) is 5.03. The highest BCUT2D eigenvalue weighted by molar-refractivity contribution is 5.82. The van der Waals surface area contributed by atoms with Crippen molar-refractivity contribution in [1.29, 1.82) is 5.26 Å². The maximum absolute atomic E-state index is 11.8. The molecule has 1 rings (SSSR count). The summed E-state index contributed by atoms with van der Waals surface area (Å²) < 4.78 is 5.02. The minimum atomic E-state index is -0.947. The van der Waals surface area contributed by atoms with Gasteiger partial charge in [-0.3, -0.25) is 9.59 Å². The standard InChI is InChI=1S/C15H22N2O3/c1-11(2)15(3,10-16)17-13(18)9-20-14(19)12-7-5-4-6-8-12/h4-5,11-12H,6-9H2,1-3H3,(H,17,18)/t12-,15-/m1/s1. The zero-order valence-electron chi connectivity index (χ0n) is 12.3. The van der Waals surface area contributed by atoms with Crippen molar-refractivity contribution >= 4 is 11.9 Å². The quantitative estimate of drug-likeness (QED) is 0.615. The molecule has 2 atom stereocenters. The Morgan fingerprint density at radius 2 is 2.20 bits per heavy atom. The van der Waals surface area contributed by atoms with Crippen molar-refractivity contribution in [3.63, 3.8) is 0 Å². The smallest absolute Gasteiger partial charge is 0.309 e. The zero-order valence-corrected chi connectivity index (χ0v) is 12.3. The number of esters is 1. The summed E-state index contributed by atoms with van der Waals surface area (Å²) in [5.41, 5.74) is -0.947. The van der Waals surface area contributed by atoms with Crippen molar-refractivity contribution in [3.8, 4) is 6.07 Å². The molecule has 0 unspecified atom stereocenters. The molecule has 0 heterocycles. The molecule has 1 amide bonds. The Hall–Kier alpha value is -1.83. The second-order valence-electron chi connectivity index (χ2n) is 5.61. The monoisotopic (exact) mass is 278 g/mol. The molecule has 20 heavy (non-hydrogen) atoms. The summed E-state index contributed by atoms with van der Waals surface area (Å²) in [6, 6.07) is 2.08. The highest BCUT2D eigenvalue weighted by Crippen LogP contribution is 2.19. The van der Waals surface area contributed by atoms with Gasteiger partial charge in [0.15, 0.2) is 6.61 Å². The van der Waals surface area contributed by atoms with Crippen molar-refractivity contribution in [2.75, 3.05) is 6.61 Å². The fraction of sp³-hybridized carbons (Fsp3) is 0.667. The molecule has 0 aromatic heterocycles. The van der Waals surface area contributed by atoms with Gasteiger partial charge < -0.3 is 10.1 Å². The first-order chi connectivity index (χ1) is 9.39. The average molecular weight is 278 g/mol. The first-order valence-electron chi connectivity index (χ1n) is 6.93. The van der Waals surface area contributed by atoms with E-state index in [1.165, 1.54) is 0 Å². The van der Waals surface area contributed by atoms with Crippen LogP contribution in [0.5, 0.6) is 0 Å². The predicted octanol–water partition coefficient (Wildman–Crippen LogP) is 1.94. The highest BCUT2D eigenvalue weighted by atomic mass is 16.5. The minimum absolute atomic E-state index is 0.0318. The average Bonchev–Trinajstić information content (AvgIpc) is 2.45. The van der Waals surface area contributed by atoms with Crippen molar-refractivity contribution in [3.05, 3.63) is 12.2 Å². The van der Waals surface area contributed by atoms with Crippen LogP contribution in [0.25, 0.3) is 0 Å². The first-order valence-corrected chi connectivity index (χ1v) is 6.93. The molecule has 0 aromatic rings. The van der Waals surface area contributed by atoms with Crippen LogP contribution in [0.3, 0.4) is 0 Å². The summed E-state index contributed by atoms with van der Waals surface area (Å²) in [5.74, 6) is -0.967. The number of amides is 1. The Bertz CT molecular complexity index is 437. The van der Waals surface area contributed by atoms with Crippen LogP contribution in [0.2, 0.25) is 0 Å². The van der Waals surface area contributed by atoms with E-state index < -0.39 is 11.4 Å². The van der Waals surface area contributed by atoms with Crippen LogP contribution in [-0.2, 0) is 14.3 Å². The van der Waals surface area contributed by atoms with Gasteiger partial charge >= 0.3 is 5.97 Å². The number of ether oxygens (including phenoxy) is 1. The van der Waals surface area contributed by atoms with Gasteiger partial charge in [-0.2, -0.15) is 5.26 Å². The van der Waals surface area contributed by atoms with E-state index in [1.54, 1.807) is 6.92 Å². The SMILES string of the molecule is CC(C)[C@@](C)(C#N)NC(=O)COC(=O)[C@@H]1CC=CCC1. The molecule has 0 aliphatic heterocycles. The minimum Gasteiger partial charge on any atom is -0.455 e. The third-order valence-electron chi connectivity index (χ3n) is 3.73. The normalized spacial score (nSPS) is 20.9. The molecule has 0 saturated heterocycles. The van der Waals surface area contributed by atoms with Gasteiger partial charge in [0, 0.05) is 0 Å². The Balaban J connectivity index is 2.42. The van der Waals surface area contributed by atoms with Crippen LogP contribution < -0.4 is 5.32 Å². The van der Waals surface area contributed by atoms with Gasteiger partial charge in [-0.05, 0) is 32.1 Å². The summed E-state index contributed by atoms with van der Waals surface area (Å²) in [5, 5.41) is 11.7. The number of allylic oxidation sites excluding steroid dienone is 2. The van der Waals surface area contributed by atoms with Gasteiger partial charge in [0.1, 0.15) is 5.54 Å². The van der Waals surface area contributed by atoms with Crippen molar-refractivity contribution in [1.82, 2.24) is 5.32 Å². The van der Waals surface area contributed by atoms with E-state index >= 15 is 0 Å². The lowest BCUT2D eigenvalue weighted by molar-refractivity contribution is -0.153. The number of rotatable bonds is 5.